The predicted molar refractivity (Wildman–Crippen MR) is 74.6 cm³/mol. The average Bonchev–Trinajstić information content (AvgIpc) is 2.65. The van der Waals surface area contributed by atoms with Crippen LogP contribution in [0.1, 0.15) is 19.2 Å². The molecular weight excluding hydrogens is 305 g/mol. The van der Waals surface area contributed by atoms with E-state index in [1.54, 1.807) is 4.90 Å². The zero-order valence-electron chi connectivity index (χ0n) is 12.0. The fourth-order valence-corrected chi connectivity index (χ4v) is 2.99. The highest BCUT2D eigenvalue weighted by atomic mass is 32.1. The first kappa shape index (κ1) is 16.4. The molecule has 0 amide bonds. The number of aliphatic hydroxyl groups is 1. The Morgan fingerprint density at radius 1 is 1.24 bits per heavy atom. The van der Waals surface area contributed by atoms with Crippen molar-refractivity contribution in [2.45, 2.75) is 32.0 Å². The van der Waals surface area contributed by atoms with Crippen molar-refractivity contribution in [3.05, 3.63) is 5.82 Å². The topological polar surface area (TPSA) is 52.5 Å². The smallest absolute Gasteiger partial charge is 0.380 e. The molecule has 1 aliphatic rings. The van der Waals surface area contributed by atoms with Gasteiger partial charge in [-0.25, -0.2) is 4.98 Å². The van der Waals surface area contributed by atoms with Crippen LogP contribution in [0.5, 0.6) is 0 Å². The second-order valence-electron chi connectivity index (χ2n) is 5.51. The van der Waals surface area contributed by atoms with Gasteiger partial charge in [0.15, 0.2) is 5.60 Å². The maximum Gasteiger partial charge on any atom is 0.418 e. The number of alkyl halides is 3. The SMILES string of the molecule is Cc1nsc(N2CCCN(CC(C)(O)C(F)(F)F)CC2)n1. The monoisotopic (exact) mass is 324 g/mol. The number of aryl methyl sites for hydroxylation is 1. The van der Waals surface area contributed by atoms with Gasteiger partial charge in [0.2, 0.25) is 5.13 Å². The highest BCUT2D eigenvalue weighted by Crippen LogP contribution is 2.31. The van der Waals surface area contributed by atoms with Crippen molar-refractivity contribution in [1.29, 1.82) is 0 Å². The maximum atomic E-state index is 12.7. The van der Waals surface area contributed by atoms with E-state index in [2.05, 4.69) is 9.36 Å². The molecule has 2 heterocycles. The summed E-state index contributed by atoms with van der Waals surface area (Å²) >= 11 is 1.30. The molecule has 0 spiro atoms. The van der Waals surface area contributed by atoms with E-state index in [9.17, 15) is 18.3 Å². The number of hydrogen-bond donors (Lipinski definition) is 1. The molecule has 1 N–H and O–H groups in total. The first-order valence-electron chi connectivity index (χ1n) is 6.76. The summed E-state index contributed by atoms with van der Waals surface area (Å²) in [6.45, 7) is 4.54. The Labute approximate surface area is 125 Å². The molecule has 2 rings (SSSR count). The molecule has 1 unspecified atom stereocenters. The van der Waals surface area contributed by atoms with Crippen molar-refractivity contribution in [3.63, 3.8) is 0 Å². The summed E-state index contributed by atoms with van der Waals surface area (Å²) in [6, 6.07) is 0. The molecule has 0 radical (unpaired) electrons. The molecule has 1 atom stereocenters. The van der Waals surface area contributed by atoms with Crippen LogP contribution < -0.4 is 4.90 Å². The van der Waals surface area contributed by atoms with Crippen LogP contribution in [0.4, 0.5) is 18.3 Å². The quantitative estimate of drug-likeness (QED) is 0.917. The summed E-state index contributed by atoms with van der Waals surface area (Å²) in [7, 11) is 0. The lowest BCUT2D eigenvalue weighted by Crippen LogP contribution is -2.52. The molecule has 1 saturated heterocycles. The fourth-order valence-electron chi connectivity index (χ4n) is 2.26. The number of rotatable bonds is 3. The Hall–Kier alpha value is -0.930. The van der Waals surface area contributed by atoms with Gasteiger partial charge >= 0.3 is 6.18 Å². The standard InChI is InChI=1S/C12H19F3N4OS/c1-9-16-10(21-17-9)19-5-3-4-18(6-7-19)8-11(2,20)12(13,14)15/h20H,3-8H2,1-2H3. The van der Waals surface area contributed by atoms with Gasteiger partial charge in [0, 0.05) is 44.3 Å². The number of aromatic nitrogens is 2. The van der Waals surface area contributed by atoms with Gasteiger partial charge in [-0.3, -0.25) is 4.90 Å². The molecule has 0 bridgehead atoms. The lowest BCUT2D eigenvalue weighted by molar-refractivity contribution is -0.257. The van der Waals surface area contributed by atoms with Crippen LogP contribution in [0.25, 0.3) is 0 Å². The summed E-state index contributed by atoms with van der Waals surface area (Å²) < 4.78 is 42.3. The van der Waals surface area contributed by atoms with Crippen LogP contribution >= 0.6 is 11.5 Å². The van der Waals surface area contributed by atoms with E-state index in [0.717, 1.165) is 25.0 Å². The largest absolute Gasteiger partial charge is 0.418 e. The van der Waals surface area contributed by atoms with Crippen molar-refractivity contribution in [2.24, 2.45) is 0 Å². The normalized spacial score (nSPS) is 21.1. The zero-order chi connectivity index (χ0) is 15.7. The van der Waals surface area contributed by atoms with Crippen molar-refractivity contribution in [3.8, 4) is 0 Å². The number of anilines is 1. The van der Waals surface area contributed by atoms with Gasteiger partial charge in [0.25, 0.3) is 0 Å². The first-order chi connectivity index (χ1) is 9.69. The third-order valence-corrected chi connectivity index (χ3v) is 4.39. The molecule has 21 heavy (non-hydrogen) atoms. The summed E-state index contributed by atoms with van der Waals surface area (Å²) in [5.74, 6) is 0.705. The Kier molecular flexibility index (Phi) is 4.74. The van der Waals surface area contributed by atoms with E-state index >= 15 is 0 Å². The van der Waals surface area contributed by atoms with E-state index in [1.165, 1.54) is 11.5 Å². The van der Waals surface area contributed by atoms with E-state index in [0.29, 0.717) is 25.5 Å². The highest BCUT2D eigenvalue weighted by molar-refractivity contribution is 7.09. The van der Waals surface area contributed by atoms with Crippen molar-refractivity contribution < 1.29 is 18.3 Å². The molecule has 1 aromatic rings. The third-order valence-electron chi connectivity index (χ3n) is 3.52. The van der Waals surface area contributed by atoms with Crippen molar-refractivity contribution in [2.75, 3.05) is 37.6 Å². The third kappa shape index (κ3) is 4.04. The van der Waals surface area contributed by atoms with Crippen LogP contribution in [0.3, 0.4) is 0 Å². The van der Waals surface area contributed by atoms with Crippen LogP contribution in [-0.2, 0) is 0 Å². The summed E-state index contributed by atoms with van der Waals surface area (Å²) in [6.07, 6.45) is -3.89. The Bertz CT molecular complexity index is 477. The van der Waals surface area contributed by atoms with Gasteiger partial charge in [0.1, 0.15) is 5.82 Å². The number of hydrogen-bond acceptors (Lipinski definition) is 6. The minimum atomic E-state index is -4.62. The Morgan fingerprint density at radius 3 is 2.52 bits per heavy atom. The minimum absolute atomic E-state index is 0.403. The molecule has 0 aromatic carbocycles. The first-order valence-corrected chi connectivity index (χ1v) is 7.53. The second-order valence-corrected chi connectivity index (χ2v) is 6.24. The van der Waals surface area contributed by atoms with E-state index < -0.39 is 18.3 Å². The van der Waals surface area contributed by atoms with Crippen LogP contribution in [0.2, 0.25) is 0 Å². The Morgan fingerprint density at radius 2 is 1.95 bits per heavy atom. The lowest BCUT2D eigenvalue weighted by Gasteiger charge is -2.32. The molecule has 120 valence electrons. The molecule has 9 heteroatoms. The van der Waals surface area contributed by atoms with Crippen LogP contribution in [0.15, 0.2) is 0 Å². The average molecular weight is 324 g/mol. The van der Waals surface area contributed by atoms with Gasteiger partial charge < -0.3 is 10.0 Å². The van der Waals surface area contributed by atoms with Crippen LogP contribution in [0, 0.1) is 6.92 Å². The van der Waals surface area contributed by atoms with Crippen molar-refractivity contribution in [1.82, 2.24) is 14.3 Å². The van der Waals surface area contributed by atoms with Gasteiger partial charge in [0.05, 0.1) is 0 Å². The highest BCUT2D eigenvalue weighted by Gasteiger charge is 2.50. The summed E-state index contributed by atoms with van der Waals surface area (Å²) in [5.41, 5.74) is -2.68. The molecule has 0 aliphatic carbocycles. The molecule has 1 aliphatic heterocycles. The number of β-amino-alcohol motifs (C(OH)–C–C–N with tert-alkyl or cyclic N) is 1. The van der Waals surface area contributed by atoms with Gasteiger partial charge in [-0.05, 0) is 20.3 Å². The second kappa shape index (κ2) is 6.05. The van der Waals surface area contributed by atoms with E-state index in [4.69, 9.17) is 0 Å². The summed E-state index contributed by atoms with van der Waals surface area (Å²) in [5, 5.41) is 10.4. The molecular formula is C12H19F3N4OS. The van der Waals surface area contributed by atoms with Gasteiger partial charge in [-0.15, -0.1) is 0 Å². The fraction of sp³-hybridized carbons (Fsp3) is 0.833. The molecule has 0 saturated carbocycles. The maximum absolute atomic E-state index is 12.7. The Balaban J connectivity index is 1.95. The zero-order valence-corrected chi connectivity index (χ0v) is 12.8. The molecule has 5 nitrogen and oxygen atoms in total. The summed E-state index contributed by atoms with van der Waals surface area (Å²) in [4.78, 5) is 7.99. The lowest BCUT2D eigenvalue weighted by atomic mass is 10.1. The van der Waals surface area contributed by atoms with E-state index in [1.807, 2.05) is 11.8 Å². The molecule has 1 aromatic heterocycles. The van der Waals surface area contributed by atoms with Crippen LogP contribution in [-0.4, -0.2) is 63.9 Å². The predicted octanol–water partition coefficient (Wildman–Crippen LogP) is 1.67. The molecule has 1 fully saturated rings. The van der Waals surface area contributed by atoms with Gasteiger partial charge in [-0.1, -0.05) is 0 Å². The van der Waals surface area contributed by atoms with Gasteiger partial charge in [-0.2, -0.15) is 17.5 Å². The number of nitrogens with zero attached hydrogens (tertiary/aromatic N) is 4. The van der Waals surface area contributed by atoms with E-state index in [-0.39, 0.29) is 0 Å². The number of halogens is 3. The minimum Gasteiger partial charge on any atom is -0.380 e. The van der Waals surface area contributed by atoms with Crippen molar-refractivity contribution >= 4 is 16.7 Å².